The summed E-state index contributed by atoms with van der Waals surface area (Å²) in [4.78, 5) is 0. The van der Waals surface area contributed by atoms with E-state index in [1.807, 2.05) is 0 Å². The Labute approximate surface area is 91.5 Å². The Kier molecular flexibility index (Phi) is 1.59. The molecule has 0 spiro atoms. The van der Waals surface area contributed by atoms with E-state index in [1.54, 1.807) is 0 Å². The molecule has 1 aliphatic carbocycles. The fraction of sp³-hybridized carbons (Fsp3) is 0.571. The van der Waals surface area contributed by atoms with E-state index in [-0.39, 0.29) is 0 Å². The van der Waals surface area contributed by atoms with Crippen LogP contribution in [0.1, 0.15) is 32.8 Å². The summed E-state index contributed by atoms with van der Waals surface area (Å²) in [6.07, 6.45) is 1.30. The molecule has 0 aromatic heterocycles. The third-order valence-corrected chi connectivity index (χ3v) is 4.25. The van der Waals surface area contributed by atoms with Gasteiger partial charge in [0, 0.05) is 16.9 Å². The van der Waals surface area contributed by atoms with Gasteiger partial charge in [-0.05, 0) is 17.9 Å². The van der Waals surface area contributed by atoms with E-state index >= 15 is 0 Å². The SMILES string of the molecule is CC(C)(C)C12CC1COc1ccccc12. The van der Waals surface area contributed by atoms with Gasteiger partial charge in [-0.25, -0.2) is 0 Å². The van der Waals surface area contributed by atoms with E-state index < -0.39 is 0 Å². The number of fused-ring (bicyclic) bond motifs is 3. The minimum atomic E-state index is 0.345. The van der Waals surface area contributed by atoms with Gasteiger partial charge in [0.1, 0.15) is 5.75 Å². The van der Waals surface area contributed by atoms with Gasteiger partial charge in [0.05, 0.1) is 6.61 Å². The highest BCUT2D eigenvalue weighted by Gasteiger charge is 2.64. The highest BCUT2D eigenvalue weighted by atomic mass is 16.5. The lowest BCUT2D eigenvalue weighted by molar-refractivity contribution is 0.194. The van der Waals surface area contributed by atoms with Crippen molar-refractivity contribution in [3.63, 3.8) is 0 Å². The van der Waals surface area contributed by atoms with Crippen molar-refractivity contribution >= 4 is 0 Å². The minimum Gasteiger partial charge on any atom is -0.493 e. The summed E-state index contributed by atoms with van der Waals surface area (Å²) in [6, 6.07) is 8.56. The van der Waals surface area contributed by atoms with Gasteiger partial charge in [-0.15, -0.1) is 0 Å². The lowest BCUT2D eigenvalue weighted by atomic mass is 9.71. The van der Waals surface area contributed by atoms with E-state index in [1.165, 1.54) is 12.0 Å². The normalized spacial score (nSPS) is 32.6. The van der Waals surface area contributed by atoms with Crippen LogP contribution in [0.15, 0.2) is 24.3 Å². The van der Waals surface area contributed by atoms with E-state index in [0.717, 1.165) is 18.3 Å². The van der Waals surface area contributed by atoms with Gasteiger partial charge >= 0.3 is 0 Å². The molecule has 0 bridgehead atoms. The molecule has 3 rings (SSSR count). The van der Waals surface area contributed by atoms with Crippen LogP contribution >= 0.6 is 0 Å². The molecule has 1 fully saturated rings. The number of benzene rings is 1. The van der Waals surface area contributed by atoms with E-state index in [4.69, 9.17) is 4.74 Å². The van der Waals surface area contributed by atoms with Crippen LogP contribution in [0.4, 0.5) is 0 Å². The second-order valence-electron chi connectivity index (χ2n) is 5.93. The third kappa shape index (κ3) is 1.04. The Bertz CT molecular complexity index is 402. The summed E-state index contributed by atoms with van der Waals surface area (Å²) in [5.74, 6) is 1.86. The molecule has 1 aliphatic heterocycles. The predicted octanol–water partition coefficient (Wildman–Crippen LogP) is 3.38. The first-order valence-electron chi connectivity index (χ1n) is 5.78. The summed E-state index contributed by atoms with van der Waals surface area (Å²) in [5, 5.41) is 0. The molecule has 1 nitrogen and oxygen atoms in total. The lowest BCUT2D eigenvalue weighted by Gasteiger charge is -2.36. The van der Waals surface area contributed by atoms with Crippen molar-refractivity contribution in [2.45, 2.75) is 32.6 Å². The lowest BCUT2D eigenvalue weighted by Crippen LogP contribution is -2.33. The second-order valence-corrected chi connectivity index (χ2v) is 5.93. The number of hydrogen-bond donors (Lipinski definition) is 0. The maximum absolute atomic E-state index is 5.80. The number of rotatable bonds is 0. The Balaban J connectivity index is 2.16. The van der Waals surface area contributed by atoms with Crippen LogP contribution < -0.4 is 4.74 Å². The van der Waals surface area contributed by atoms with Gasteiger partial charge in [-0.3, -0.25) is 0 Å². The first kappa shape index (κ1) is 9.26. The Morgan fingerprint density at radius 2 is 2.00 bits per heavy atom. The maximum Gasteiger partial charge on any atom is 0.123 e. The van der Waals surface area contributed by atoms with Crippen molar-refractivity contribution in [3.8, 4) is 5.75 Å². The third-order valence-electron chi connectivity index (χ3n) is 4.25. The van der Waals surface area contributed by atoms with Crippen molar-refractivity contribution in [2.24, 2.45) is 11.3 Å². The molecule has 1 aromatic rings. The molecule has 2 atom stereocenters. The molecule has 2 aliphatic rings. The van der Waals surface area contributed by atoms with Gasteiger partial charge in [0.15, 0.2) is 0 Å². The zero-order valence-corrected chi connectivity index (χ0v) is 9.71. The van der Waals surface area contributed by atoms with Gasteiger partial charge in [0.25, 0.3) is 0 Å². The Morgan fingerprint density at radius 3 is 2.73 bits per heavy atom. The van der Waals surface area contributed by atoms with E-state index in [9.17, 15) is 0 Å². The first-order chi connectivity index (χ1) is 7.06. The molecular weight excluding hydrogens is 184 g/mol. The van der Waals surface area contributed by atoms with Crippen LogP contribution in [-0.2, 0) is 5.41 Å². The summed E-state index contributed by atoms with van der Waals surface area (Å²) >= 11 is 0. The summed E-state index contributed by atoms with van der Waals surface area (Å²) < 4.78 is 5.80. The Hall–Kier alpha value is -0.980. The highest BCUT2D eigenvalue weighted by Crippen LogP contribution is 2.67. The molecule has 1 aromatic carbocycles. The second kappa shape index (κ2) is 2.58. The van der Waals surface area contributed by atoms with Gasteiger partial charge in [-0.1, -0.05) is 39.0 Å². The minimum absolute atomic E-state index is 0.345. The zero-order chi connectivity index (χ0) is 10.7. The standard InChI is InChI=1S/C14H18O/c1-13(2,3)14-8-10(14)9-15-12-7-5-4-6-11(12)14/h4-7,10H,8-9H2,1-3H3. The van der Waals surface area contributed by atoms with Crippen molar-refractivity contribution in [2.75, 3.05) is 6.61 Å². The largest absolute Gasteiger partial charge is 0.493 e. The van der Waals surface area contributed by atoms with E-state index in [2.05, 4.69) is 45.0 Å². The maximum atomic E-state index is 5.80. The Morgan fingerprint density at radius 1 is 1.27 bits per heavy atom. The zero-order valence-electron chi connectivity index (χ0n) is 9.71. The van der Waals surface area contributed by atoms with E-state index in [0.29, 0.717) is 10.8 Å². The molecular formula is C14H18O. The average molecular weight is 202 g/mol. The summed E-state index contributed by atoms with van der Waals surface area (Å²) in [6.45, 7) is 7.98. The average Bonchev–Trinajstić information content (AvgIpc) is 2.92. The quantitative estimate of drug-likeness (QED) is 0.626. The van der Waals surface area contributed by atoms with Crippen LogP contribution in [0.3, 0.4) is 0 Å². The topological polar surface area (TPSA) is 9.23 Å². The number of hydrogen-bond acceptors (Lipinski definition) is 1. The monoisotopic (exact) mass is 202 g/mol. The van der Waals surface area contributed by atoms with Crippen LogP contribution in [0.5, 0.6) is 5.75 Å². The van der Waals surface area contributed by atoms with Crippen LogP contribution in [-0.4, -0.2) is 6.61 Å². The summed E-state index contributed by atoms with van der Waals surface area (Å²) in [5.41, 5.74) is 2.17. The molecule has 1 heterocycles. The summed E-state index contributed by atoms with van der Waals surface area (Å²) in [7, 11) is 0. The molecule has 0 saturated heterocycles. The smallest absolute Gasteiger partial charge is 0.123 e. The fourth-order valence-electron chi connectivity index (χ4n) is 3.33. The number of ether oxygens (including phenoxy) is 1. The van der Waals surface area contributed by atoms with Gasteiger partial charge < -0.3 is 4.74 Å². The molecule has 2 unspecified atom stereocenters. The molecule has 1 saturated carbocycles. The highest BCUT2D eigenvalue weighted by molar-refractivity contribution is 5.48. The molecule has 0 amide bonds. The van der Waals surface area contributed by atoms with Crippen LogP contribution in [0, 0.1) is 11.3 Å². The molecule has 0 N–H and O–H groups in total. The van der Waals surface area contributed by atoms with Crippen LogP contribution in [0.25, 0.3) is 0 Å². The van der Waals surface area contributed by atoms with Crippen molar-refractivity contribution in [3.05, 3.63) is 29.8 Å². The van der Waals surface area contributed by atoms with Crippen molar-refractivity contribution in [1.82, 2.24) is 0 Å². The fourth-order valence-corrected chi connectivity index (χ4v) is 3.33. The molecule has 1 heteroatoms. The van der Waals surface area contributed by atoms with Gasteiger partial charge in [0.2, 0.25) is 0 Å². The first-order valence-corrected chi connectivity index (χ1v) is 5.78. The number of para-hydroxylation sites is 1. The predicted molar refractivity (Wildman–Crippen MR) is 61.2 cm³/mol. The van der Waals surface area contributed by atoms with Gasteiger partial charge in [-0.2, -0.15) is 0 Å². The molecule has 15 heavy (non-hydrogen) atoms. The van der Waals surface area contributed by atoms with Crippen molar-refractivity contribution < 1.29 is 4.74 Å². The molecule has 0 radical (unpaired) electrons. The van der Waals surface area contributed by atoms with Crippen LogP contribution in [0.2, 0.25) is 0 Å². The molecule has 80 valence electrons. The van der Waals surface area contributed by atoms with Crippen molar-refractivity contribution in [1.29, 1.82) is 0 Å².